The Labute approximate surface area is 89.7 Å². The number of imidazole rings is 1. The van der Waals surface area contributed by atoms with Gasteiger partial charge in [-0.2, -0.15) is 0 Å². The highest BCUT2D eigenvalue weighted by molar-refractivity contribution is 9.10. The van der Waals surface area contributed by atoms with Crippen molar-refractivity contribution in [3.63, 3.8) is 0 Å². The van der Waals surface area contributed by atoms with Gasteiger partial charge in [-0.15, -0.1) is 0 Å². The number of rotatable bonds is 1. The van der Waals surface area contributed by atoms with Crippen LogP contribution in [0.25, 0.3) is 5.69 Å². The molecule has 0 saturated carbocycles. The molecular formula is C10H9BrN2O. The topological polar surface area (TPSA) is 26.9 Å². The molecule has 3 nitrogen and oxygen atoms in total. The van der Waals surface area contributed by atoms with E-state index in [9.17, 15) is 4.79 Å². The molecular weight excluding hydrogens is 244 g/mol. The fourth-order valence-corrected chi connectivity index (χ4v) is 1.77. The highest BCUT2D eigenvalue weighted by Gasteiger charge is 2.04. The molecule has 0 unspecified atom stereocenters. The van der Waals surface area contributed by atoms with Gasteiger partial charge in [0, 0.05) is 23.9 Å². The van der Waals surface area contributed by atoms with Crippen LogP contribution in [0.15, 0.2) is 45.9 Å². The molecule has 0 radical (unpaired) electrons. The minimum atomic E-state index is -0.0445. The second kappa shape index (κ2) is 3.46. The van der Waals surface area contributed by atoms with Crippen molar-refractivity contribution in [3.8, 4) is 5.69 Å². The number of benzene rings is 1. The molecule has 1 aromatic heterocycles. The molecule has 4 heteroatoms. The minimum absolute atomic E-state index is 0.0445. The summed E-state index contributed by atoms with van der Waals surface area (Å²) < 4.78 is 4.05. The van der Waals surface area contributed by atoms with Gasteiger partial charge in [0.2, 0.25) is 0 Å². The Morgan fingerprint density at radius 3 is 2.50 bits per heavy atom. The third-order valence-corrected chi connectivity index (χ3v) is 2.73. The van der Waals surface area contributed by atoms with Gasteiger partial charge in [-0.1, -0.05) is 12.1 Å². The lowest BCUT2D eigenvalue weighted by atomic mass is 10.3. The second-order valence-corrected chi connectivity index (χ2v) is 3.87. The quantitative estimate of drug-likeness (QED) is 0.762. The highest BCUT2D eigenvalue weighted by Crippen LogP contribution is 2.18. The van der Waals surface area contributed by atoms with E-state index in [2.05, 4.69) is 15.9 Å². The second-order valence-electron chi connectivity index (χ2n) is 3.01. The highest BCUT2D eigenvalue weighted by atomic mass is 79.9. The number of aromatic nitrogens is 2. The van der Waals surface area contributed by atoms with Crippen molar-refractivity contribution in [1.29, 1.82) is 0 Å². The first kappa shape index (κ1) is 9.27. The van der Waals surface area contributed by atoms with E-state index in [1.54, 1.807) is 28.6 Å². The fraction of sp³-hybridized carbons (Fsp3) is 0.100. The van der Waals surface area contributed by atoms with Gasteiger partial charge < -0.3 is 4.57 Å². The minimum Gasteiger partial charge on any atom is -0.302 e. The summed E-state index contributed by atoms with van der Waals surface area (Å²) in [5, 5.41) is 0. The Hall–Kier alpha value is -1.29. The van der Waals surface area contributed by atoms with Crippen molar-refractivity contribution >= 4 is 15.9 Å². The number of aryl methyl sites for hydroxylation is 1. The lowest BCUT2D eigenvalue weighted by Crippen LogP contribution is -2.20. The monoisotopic (exact) mass is 252 g/mol. The van der Waals surface area contributed by atoms with Crippen LogP contribution in [-0.4, -0.2) is 9.13 Å². The summed E-state index contributed by atoms with van der Waals surface area (Å²) in [4.78, 5) is 11.6. The van der Waals surface area contributed by atoms with Crippen molar-refractivity contribution in [3.05, 3.63) is 51.6 Å². The molecule has 0 aliphatic rings. The Kier molecular flexibility index (Phi) is 2.29. The zero-order chi connectivity index (χ0) is 10.1. The van der Waals surface area contributed by atoms with Gasteiger partial charge in [0.25, 0.3) is 0 Å². The molecule has 0 aliphatic carbocycles. The van der Waals surface area contributed by atoms with E-state index in [4.69, 9.17) is 0 Å². The maximum absolute atomic E-state index is 11.6. The molecule has 1 heterocycles. The van der Waals surface area contributed by atoms with Gasteiger partial charge in [-0.25, -0.2) is 4.79 Å². The van der Waals surface area contributed by atoms with E-state index in [1.165, 1.54) is 0 Å². The number of para-hydroxylation sites is 1. The summed E-state index contributed by atoms with van der Waals surface area (Å²) in [6.07, 6.45) is 3.49. The molecule has 2 rings (SSSR count). The average Bonchev–Trinajstić information content (AvgIpc) is 2.49. The van der Waals surface area contributed by atoms with Gasteiger partial charge in [0.1, 0.15) is 0 Å². The smallest absolute Gasteiger partial charge is 0.302 e. The van der Waals surface area contributed by atoms with Crippen LogP contribution in [0.4, 0.5) is 0 Å². The molecule has 0 saturated heterocycles. The molecule has 0 atom stereocenters. The zero-order valence-electron chi connectivity index (χ0n) is 7.64. The molecule has 2 aromatic rings. The molecule has 0 bridgehead atoms. The van der Waals surface area contributed by atoms with Crippen LogP contribution in [0.3, 0.4) is 0 Å². The lowest BCUT2D eigenvalue weighted by molar-refractivity contribution is 0.823. The van der Waals surface area contributed by atoms with E-state index in [0.29, 0.717) is 0 Å². The number of hydrogen-bond donors (Lipinski definition) is 0. The van der Waals surface area contributed by atoms with Crippen molar-refractivity contribution in [2.45, 2.75) is 0 Å². The lowest BCUT2D eigenvalue weighted by Gasteiger charge is -2.02. The molecule has 14 heavy (non-hydrogen) atoms. The van der Waals surface area contributed by atoms with E-state index in [-0.39, 0.29) is 5.69 Å². The van der Waals surface area contributed by atoms with E-state index in [0.717, 1.165) is 10.2 Å². The van der Waals surface area contributed by atoms with Crippen LogP contribution >= 0.6 is 15.9 Å². The molecule has 1 aromatic carbocycles. The van der Waals surface area contributed by atoms with Gasteiger partial charge in [-0.3, -0.25) is 4.57 Å². The SMILES string of the molecule is Cn1ccn(-c2ccccc2Br)c1=O. The third-order valence-electron chi connectivity index (χ3n) is 2.06. The summed E-state index contributed by atoms with van der Waals surface area (Å²) in [6, 6.07) is 7.63. The van der Waals surface area contributed by atoms with Crippen molar-refractivity contribution in [2.75, 3.05) is 0 Å². The molecule has 0 fully saturated rings. The van der Waals surface area contributed by atoms with Crippen LogP contribution in [0.2, 0.25) is 0 Å². The number of nitrogens with zero attached hydrogens (tertiary/aromatic N) is 2. The predicted octanol–water partition coefficient (Wildman–Crippen LogP) is 1.94. The van der Waals surface area contributed by atoms with Crippen LogP contribution in [0, 0.1) is 0 Å². The Morgan fingerprint density at radius 1 is 1.21 bits per heavy atom. The van der Waals surface area contributed by atoms with Crippen LogP contribution < -0.4 is 5.69 Å². The summed E-state index contributed by atoms with van der Waals surface area (Å²) in [7, 11) is 1.73. The number of halogens is 1. The van der Waals surface area contributed by atoms with E-state index < -0.39 is 0 Å². The molecule has 0 aliphatic heterocycles. The van der Waals surface area contributed by atoms with E-state index in [1.807, 2.05) is 24.3 Å². The normalized spacial score (nSPS) is 10.4. The molecule has 0 spiro atoms. The van der Waals surface area contributed by atoms with Crippen LogP contribution in [0.5, 0.6) is 0 Å². The van der Waals surface area contributed by atoms with Gasteiger partial charge in [0.15, 0.2) is 0 Å². The summed E-state index contributed by atoms with van der Waals surface area (Å²) >= 11 is 3.41. The third kappa shape index (κ3) is 1.42. The first-order valence-electron chi connectivity index (χ1n) is 4.19. The predicted molar refractivity (Wildman–Crippen MR) is 58.7 cm³/mol. The first-order valence-corrected chi connectivity index (χ1v) is 4.98. The summed E-state index contributed by atoms with van der Waals surface area (Å²) in [6.45, 7) is 0. The molecule has 0 N–H and O–H groups in total. The number of hydrogen-bond acceptors (Lipinski definition) is 1. The van der Waals surface area contributed by atoms with Gasteiger partial charge in [-0.05, 0) is 28.1 Å². The Bertz CT molecular complexity index is 513. The zero-order valence-corrected chi connectivity index (χ0v) is 9.23. The van der Waals surface area contributed by atoms with Crippen LogP contribution in [-0.2, 0) is 7.05 Å². The standard InChI is InChI=1S/C10H9BrN2O/c1-12-6-7-13(10(12)14)9-5-3-2-4-8(9)11/h2-7H,1H3. The van der Waals surface area contributed by atoms with Crippen molar-refractivity contribution in [1.82, 2.24) is 9.13 Å². The Morgan fingerprint density at radius 2 is 1.93 bits per heavy atom. The maximum Gasteiger partial charge on any atom is 0.332 e. The fourth-order valence-electron chi connectivity index (χ4n) is 1.29. The largest absolute Gasteiger partial charge is 0.332 e. The summed E-state index contributed by atoms with van der Waals surface area (Å²) in [5.74, 6) is 0. The first-order chi connectivity index (χ1) is 6.70. The Balaban J connectivity index is 2.67. The van der Waals surface area contributed by atoms with Gasteiger partial charge >= 0.3 is 5.69 Å². The van der Waals surface area contributed by atoms with Crippen molar-refractivity contribution in [2.24, 2.45) is 7.05 Å². The summed E-state index contributed by atoms with van der Waals surface area (Å²) in [5.41, 5.74) is 0.815. The van der Waals surface area contributed by atoms with Crippen molar-refractivity contribution < 1.29 is 0 Å². The molecule has 0 amide bonds. The van der Waals surface area contributed by atoms with Crippen LogP contribution in [0.1, 0.15) is 0 Å². The average molecular weight is 253 g/mol. The van der Waals surface area contributed by atoms with Gasteiger partial charge in [0.05, 0.1) is 5.69 Å². The molecule has 72 valence electrons. The maximum atomic E-state index is 11.6. The van der Waals surface area contributed by atoms with E-state index >= 15 is 0 Å².